The van der Waals surface area contributed by atoms with Gasteiger partial charge in [0.05, 0.1) is 5.69 Å². The van der Waals surface area contributed by atoms with E-state index < -0.39 is 6.17 Å². The van der Waals surface area contributed by atoms with Crippen LogP contribution in [0.5, 0.6) is 0 Å². The Hall–Kier alpha value is -2.25. The van der Waals surface area contributed by atoms with Crippen LogP contribution in [-0.2, 0) is 16.0 Å². The lowest BCUT2D eigenvalue weighted by atomic mass is 10.2. The van der Waals surface area contributed by atoms with Gasteiger partial charge in [0.1, 0.15) is 0 Å². The largest absolute Gasteiger partial charge is 0.328 e. The molecule has 7 heteroatoms. The van der Waals surface area contributed by atoms with Gasteiger partial charge in [0, 0.05) is 18.3 Å². The molecular formula is C18H19N3O2S2. The highest BCUT2D eigenvalue weighted by molar-refractivity contribution is 7.80. The molecule has 5 nitrogen and oxygen atoms in total. The predicted molar refractivity (Wildman–Crippen MR) is 104 cm³/mol. The monoisotopic (exact) mass is 373 g/mol. The number of hydrogen-bond acceptors (Lipinski definition) is 4. The average molecular weight is 374 g/mol. The molecule has 0 aliphatic carbocycles. The lowest BCUT2D eigenvalue weighted by molar-refractivity contribution is -0.127. The first-order valence-corrected chi connectivity index (χ1v) is 9.27. The van der Waals surface area contributed by atoms with Crippen molar-refractivity contribution in [2.24, 2.45) is 0 Å². The Morgan fingerprint density at radius 2 is 2.00 bits per heavy atom. The summed E-state index contributed by atoms with van der Waals surface area (Å²) in [7, 11) is 0. The minimum Gasteiger partial charge on any atom is -0.328 e. The van der Waals surface area contributed by atoms with Crippen LogP contribution in [0, 0.1) is 6.92 Å². The summed E-state index contributed by atoms with van der Waals surface area (Å²) >= 11 is 7.25. The van der Waals surface area contributed by atoms with Crippen LogP contribution in [0.25, 0.3) is 0 Å². The van der Waals surface area contributed by atoms with Crippen molar-refractivity contribution in [2.45, 2.75) is 26.4 Å². The Bertz CT molecular complexity index is 804. The van der Waals surface area contributed by atoms with E-state index >= 15 is 0 Å². The number of amides is 2. The summed E-state index contributed by atoms with van der Waals surface area (Å²) in [5.74, 6) is -0.484. The SMILES string of the molecule is CC(=O)NC1C(=O)N(c2ccccc2)C(=S)N1CCc1sccc1C. The van der Waals surface area contributed by atoms with Gasteiger partial charge >= 0.3 is 0 Å². The molecule has 3 rings (SSSR count). The number of nitrogens with one attached hydrogen (secondary N) is 1. The highest BCUT2D eigenvalue weighted by Crippen LogP contribution is 2.25. The number of carbonyl (C=O) groups excluding carboxylic acids is 2. The second-order valence-electron chi connectivity index (χ2n) is 5.87. The first-order valence-electron chi connectivity index (χ1n) is 7.98. The third-order valence-electron chi connectivity index (χ3n) is 4.11. The molecule has 130 valence electrons. The Labute approximate surface area is 156 Å². The van der Waals surface area contributed by atoms with Gasteiger partial charge in [0.2, 0.25) is 5.91 Å². The molecule has 1 fully saturated rings. The predicted octanol–water partition coefficient (Wildman–Crippen LogP) is 2.69. The van der Waals surface area contributed by atoms with E-state index in [-0.39, 0.29) is 11.8 Å². The summed E-state index contributed by atoms with van der Waals surface area (Å²) < 4.78 is 0. The van der Waals surface area contributed by atoms with E-state index in [0.29, 0.717) is 17.3 Å². The number of anilines is 1. The first-order chi connectivity index (χ1) is 12.0. The summed E-state index contributed by atoms with van der Waals surface area (Å²) in [6, 6.07) is 11.3. The van der Waals surface area contributed by atoms with Gasteiger partial charge in [-0.25, -0.2) is 0 Å². The van der Waals surface area contributed by atoms with Crippen molar-refractivity contribution >= 4 is 46.2 Å². The quantitative estimate of drug-likeness (QED) is 0.819. The van der Waals surface area contributed by atoms with Gasteiger partial charge in [-0.3, -0.25) is 14.5 Å². The summed E-state index contributed by atoms with van der Waals surface area (Å²) in [5.41, 5.74) is 1.94. The van der Waals surface area contributed by atoms with Crippen LogP contribution in [0.4, 0.5) is 5.69 Å². The minimum atomic E-state index is -0.759. The lowest BCUT2D eigenvalue weighted by Crippen LogP contribution is -2.48. The van der Waals surface area contributed by atoms with E-state index in [1.54, 1.807) is 16.2 Å². The van der Waals surface area contributed by atoms with E-state index in [2.05, 4.69) is 23.7 Å². The molecule has 2 aromatic rings. The second-order valence-corrected chi connectivity index (χ2v) is 7.23. The molecule has 0 bridgehead atoms. The maximum atomic E-state index is 12.9. The topological polar surface area (TPSA) is 52.7 Å². The standard InChI is InChI=1S/C18H19N3O2S2/c1-12-9-11-25-15(12)8-10-20-16(19-13(2)22)17(23)21(18(20)24)14-6-4-3-5-7-14/h3-7,9,11,16H,8,10H2,1-2H3,(H,19,22). The minimum absolute atomic E-state index is 0.227. The molecule has 25 heavy (non-hydrogen) atoms. The van der Waals surface area contributed by atoms with E-state index in [0.717, 1.165) is 6.42 Å². The van der Waals surface area contributed by atoms with Gasteiger partial charge in [0.15, 0.2) is 11.3 Å². The number of aryl methyl sites for hydroxylation is 1. The normalized spacial score (nSPS) is 17.3. The molecule has 0 spiro atoms. The summed E-state index contributed by atoms with van der Waals surface area (Å²) in [6.45, 7) is 4.05. The summed E-state index contributed by atoms with van der Waals surface area (Å²) in [5, 5.41) is 5.20. The third kappa shape index (κ3) is 3.57. The average Bonchev–Trinajstić information content (AvgIpc) is 3.08. The summed E-state index contributed by atoms with van der Waals surface area (Å²) in [6.07, 6.45) is 0.0146. The first kappa shape index (κ1) is 17.6. The molecule has 1 unspecified atom stereocenters. The Kier molecular flexibility index (Phi) is 5.15. The van der Waals surface area contributed by atoms with E-state index in [1.165, 1.54) is 22.3 Å². The molecule has 1 aromatic heterocycles. The van der Waals surface area contributed by atoms with Crippen LogP contribution in [0.2, 0.25) is 0 Å². The highest BCUT2D eigenvalue weighted by Gasteiger charge is 2.43. The number of carbonyl (C=O) groups is 2. The van der Waals surface area contributed by atoms with Gasteiger partial charge in [0.25, 0.3) is 5.91 Å². The fourth-order valence-corrected chi connectivity index (χ4v) is 4.13. The highest BCUT2D eigenvalue weighted by atomic mass is 32.1. The third-order valence-corrected chi connectivity index (χ3v) is 5.61. The number of para-hydroxylation sites is 1. The fraction of sp³-hybridized carbons (Fsp3) is 0.278. The van der Waals surface area contributed by atoms with Crippen LogP contribution < -0.4 is 10.2 Å². The smallest absolute Gasteiger partial charge is 0.276 e. The Balaban J connectivity index is 1.85. The van der Waals surface area contributed by atoms with Gasteiger partial charge in [-0.15, -0.1) is 11.3 Å². The number of thiophene rings is 1. The van der Waals surface area contributed by atoms with Gasteiger partial charge in [-0.05, 0) is 54.7 Å². The molecule has 0 radical (unpaired) electrons. The molecule has 1 aromatic carbocycles. The number of thiocarbonyl (C=S) groups is 1. The van der Waals surface area contributed by atoms with Crippen molar-refractivity contribution in [1.29, 1.82) is 0 Å². The zero-order valence-corrected chi connectivity index (χ0v) is 15.7. The molecule has 1 N–H and O–H groups in total. The van der Waals surface area contributed by atoms with Crippen molar-refractivity contribution in [3.8, 4) is 0 Å². The molecule has 1 aliphatic rings. The number of benzene rings is 1. The van der Waals surface area contributed by atoms with Gasteiger partial charge in [-0.1, -0.05) is 18.2 Å². The molecule has 0 saturated carbocycles. The molecule has 1 atom stereocenters. The zero-order valence-electron chi connectivity index (χ0n) is 14.1. The van der Waals surface area contributed by atoms with Crippen LogP contribution in [0.1, 0.15) is 17.4 Å². The van der Waals surface area contributed by atoms with E-state index in [9.17, 15) is 9.59 Å². The van der Waals surface area contributed by atoms with Crippen molar-refractivity contribution in [2.75, 3.05) is 11.4 Å². The molecule has 1 saturated heterocycles. The molecular weight excluding hydrogens is 354 g/mol. The molecule has 1 aliphatic heterocycles. The number of nitrogens with zero attached hydrogens (tertiary/aromatic N) is 2. The van der Waals surface area contributed by atoms with Crippen molar-refractivity contribution < 1.29 is 9.59 Å². The van der Waals surface area contributed by atoms with Gasteiger partial charge in [-0.2, -0.15) is 0 Å². The zero-order chi connectivity index (χ0) is 18.0. The van der Waals surface area contributed by atoms with Crippen LogP contribution in [0.15, 0.2) is 41.8 Å². The Morgan fingerprint density at radius 3 is 2.60 bits per heavy atom. The fourth-order valence-electron chi connectivity index (χ4n) is 2.84. The maximum absolute atomic E-state index is 12.9. The second kappa shape index (κ2) is 7.33. The maximum Gasteiger partial charge on any atom is 0.276 e. The van der Waals surface area contributed by atoms with Crippen LogP contribution in [0.3, 0.4) is 0 Å². The lowest BCUT2D eigenvalue weighted by Gasteiger charge is -2.24. The van der Waals surface area contributed by atoms with Crippen molar-refractivity contribution in [1.82, 2.24) is 10.2 Å². The van der Waals surface area contributed by atoms with Crippen LogP contribution in [-0.4, -0.2) is 34.5 Å². The summed E-state index contributed by atoms with van der Waals surface area (Å²) in [4.78, 5) is 29.0. The van der Waals surface area contributed by atoms with Crippen LogP contribution >= 0.6 is 23.6 Å². The van der Waals surface area contributed by atoms with E-state index in [4.69, 9.17) is 12.2 Å². The van der Waals surface area contributed by atoms with E-state index in [1.807, 2.05) is 30.3 Å². The molecule has 2 heterocycles. The Morgan fingerprint density at radius 1 is 1.28 bits per heavy atom. The molecule has 2 amide bonds. The number of hydrogen-bond donors (Lipinski definition) is 1. The van der Waals surface area contributed by atoms with Crippen molar-refractivity contribution in [3.05, 3.63) is 52.2 Å². The van der Waals surface area contributed by atoms with Gasteiger partial charge < -0.3 is 10.2 Å². The van der Waals surface area contributed by atoms with Crippen molar-refractivity contribution in [3.63, 3.8) is 0 Å². The number of rotatable bonds is 5.